The van der Waals surface area contributed by atoms with Gasteiger partial charge in [-0.2, -0.15) is 0 Å². The quantitative estimate of drug-likeness (QED) is 0.294. The van der Waals surface area contributed by atoms with Gasteiger partial charge in [-0.05, 0) is 12.5 Å². The summed E-state index contributed by atoms with van der Waals surface area (Å²) in [7, 11) is 2.34. The molecule has 1 nitrogen and oxygen atoms in total. The first-order valence-electron chi connectivity index (χ1n) is 3.80. The Labute approximate surface area is 56.6 Å². The number of quaternary nitrogens is 1. The number of nitrogens with zero attached hydrogens (tertiary/aromatic N) is 1. The van der Waals surface area contributed by atoms with Crippen LogP contribution < -0.4 is 0 Å². The molecule has 0 amide bonds. The first-order chi connectivity index (χ1) is 4.29. The number of fused-ring (bicyclic) bond motifs is 1. The Morgan fingerprint density at radius 3 is 2.67 bits per heavy atom. The van der Waals surface area contributed by atoms with Crippen molar-refractivity contribution in [2.24, 2.45) is 0 Å². The van der Waals surface area contributed by atoms with Crippen molar-refractivity contribution in [3.8, 4) is 0 Å². The number of hydrogen-bond donors (Lipinski definition) is 0. The van der Waals surface area contributed by atoms with Crippen LogP contribution in [0.15, 0.2) is 12.2 Å². The molecule has 2 fully saturated rings. The summed E-state index contributed by atoms with van der Waals surface area (Å²) < 4.78 is 1.36. The van der Waals surface area contributed by atoms with Gasteiger partial charge in [0.25, 0.3) is 0 Å². The van der Waals surface area contributed by atoms with E-state index in [1.54, 1.807) is 0 Å². The molecule has 2 saturated heterocycles. The summed E-state index contributed by atoms with van der Waals surface area (Å²) in [5, 5.41) is 0. The van der Waals surface area contributed by atoms with E-state index in [-0.39, 0.29) is 0 Å². The van der Waals surface area contributed by atoms with Gasteiger partial charge in [0.2, 0.25) is 0 Å². The Bertz CT molecular complexity index is 162. The molecule has 0 saturated carbocycles. The fourth-order valence-corrected chi connectivity index (χ4v) is 1.66. The second kappa shape index (κ2) is 1.40. The zero-order valence-corrected chi connectivity index (χ0v) is 6.17. The number of hydrogen-bond acceptors (Lipinski definition) is 0. The fourth-order valence-electron chi connectivity index (χ4n) is 1.66. The molecule has 3 unspecified atom stereocenters. The lowest BCUT2D eigenvalue weighted by Crippen LogP contribution is -2.14. The predicted octanol–water partition coefficient (Wildman–Crippen LogP) is 1.16. The maximum absolute atomic E-state index is 2.38. The van der Waals surface area contributed by atoms with Crippen molar-refractivity contribution in [1.82, 2.24) is 0 Å². The molecule has 3 atom stereocenters. The van der Waals surface area contributed by atoms with Gasteiger partial charge in [-0.1, -0.05) is 13.0 Å². The van der Waals surface area contributed by atoms with Gasteiger partial charge in [0, 0.05) is 0 Å². The molecule has 50 valence electrons. The SMILES string of the molecule is CC/C=C/C1C2C[N+]12C. The summed E-state index contributed by atoms with van der Waals surface area (Å²) in [6, 6.07) is 1.96. The summed E-state index contributed by atoms with van der Waals surface area (Å²) in [5.41, 5.74) is 0. The lowest BCUT2D eigenvalue weighted by molar-refractivity contribution is -0.690. The zero-order valence-electron chi connectivity index (χ0n) is 6.17. The monoisotopic (exact) mass is 124 g/mol. The molecule has 9 heavy (non-hydrogen) atoms. The van der Waals surface area contributed by atoms with Crippen molar-refractivity contribution < 1.29 is 4.48 Å². The molecule has 2 aliphatic rings. The van der Waals surface area contributed by atoms with Crippen LogP contribution in [0.1, 0.15) is 13.3 Å². The lowest BCUT2D eigenvalue weighted by Gasteiger charge is -1.97. The van der Waals surface area contributed by atoms with Gasteiger partial charge >= 0.3 is 0 Å². The number of rotatable bonds is 2. The fraction of sp³-hybridized carbons (Fsp3) is 0.750. The Balaban J connectivity index is 1.86. The van der Waals surface area contributed by atoms with Crippen molar-refractivity contribution in [3.63, 3.8) is 0 Å². The minimum absolute atomic E-state index is 0.921. The van der Waals surface area contributed by atoms with Crippen LogP contribution in [0.2, 0.25) is 0 Å². The van der Waals surface area contributed by atoms with Crippen molar-refractivity contribution in [2.45, 2.75) is 25.4 Å². The molecular weight excluding hydrogens is 110 g/mol. The topological polar surface area (TPSA) is 0 Å². The van der Waals surface area contributed by atoms with Gasteiger partial charge in [-0.15, -0.1) is 0 Å². The van der Waals surface area contributed by atoms with Crippen LogP contribution in [0.3, 0.4) is 0 Å². The molecule has 0 bridgehead atoms. The summed E-state index contributed by atoms with van der Waals surface area (Å²) in [5.74, 6) is 0. The molecular formula is C8H14N+. The zero-order chi connectivity index (χ0) is 6.48. The molecule has 2 aliphatic heterocycles. The Morgan fingerprint density at radius 1 is 1.67 bits per heavy atom. The third-order valence-electron chi connectivity index (χ3n) is 2.76. The smallest absolute Gasteiger partial charge is 0.195 e. The van der Waals surface area contributed by atoms with E-state index in [9.17, 15) is 0 Å². The molecule has 0 aromatic rings. The van der Waals surface area contributed by atoms with Gasteiger partial charge in [-0.25, -0.2) is 0 Å². The molecule has 1 heteroatoms. The average molecular weight is 124 g/mol. The molecule has 0 aliphatic carbocycles. The summed E-state index contributed by atoms with van der Waals surface area (Å²) in [6.07, 6.45) is 5.87. The van der Waals surface area contributed by atoms with Gasteiger partial charge < -0.3 is 0 Å². The minimum Gasteiger partial charge on any atom is -0.298 e. The Hall–Kier alpha value is -0.300. The predicted molar refractivity (Wildman–Crippen MR) is 38.1 cm³/mol. The van der Waals surface area contributed by atoms with Crippen LogP contribution in [-0.4, -0.2) is 30.2 Å². The molecule has 0 N–H and O–H groups in total. The third kappa shape index (κ3) is 0.584. The summed E-state index contributed by atoms with van der Waals surface area (Å²) in [4.78, 5) is 0. The Kier molecular flexibility index (Phi) is 0.854. The van der Waals surface area contributed by atoms with Crippen molar-refractivity contribution >= 4 is 0 Å². The van der Waals surface area contributed by atoms with Crippen molar-refractivity contribution in [1.29, 1.82) is 0 Å². The highest BCUT2D eigenvalue weighted by atomic mass is 15.7. The summed E-state index contributed by atoms with van der Waals surface area (Å²) in [6.45, 7) is 3.64. The highest BCUT2D eigenvalue weighted by Gasteiger charge is 2.79. The van der Waals surface area contributed by atoms with Crippen LogP contribution in [0, 0.1) is 0 Å². The molecule has 2 rings (SSSR count). The molecule has 0 radical (unpaired) electrons. The van der Waals surface area contributed by atoms with Crippen LogP contribution in [0.4, 0.5) is 0 Å². The van der Waals surface area contributed by atoms with E-state index in [4.69, 9.17) is 0 Å². The highest BCUT2D eigenvalue weighted by Crippen LogP contribution is 2.53. The van der Waals surface area contributed by atoms with Gasteiger partial charge in [0.05, 0.1) is 7.05 Å². The average Bonchev–Trinajstić information content (AvgIpc) is 2.58. The van der Waals surface area contributed by atoms with E-state index < -0.39 is 0 Å². The first-order valence-corrected chi connectivity index (χ1v) is 3.80. The second-order valence-electron chi connectivity index (χ2n) is 3.42. The lowest BCUT2D eigenvalue weighted by atomic mass is 10.2. The van der Waals surface area contributed by atoms with Gasteiger partial charge in [0.15, 0.2) is 12.1 Å². The Morgan fingerprint density at radius 2 is 2.33 bits per heavy atom. The largest absolute Gasteiger partial charge is 0.298 e. The van der Waals surface area contributed by atoms with Gasteiger partial charge in [-0.3, -0.25) is 4.48 Å². The van der Waals surface area contributed by atoms with E-state index >= 15 is 0 Å². The molecule has 0 spiro atoms. The minimum atomic E-state index is 0.921. The van der Waals surface area contributed by atoms with Gasteiger partial charge in [0.1, 0.15) is 6.54 Å². The maximum atomic E-state index is 2.38. The van der Waals surface area contributed by atoms with Crippen molar-refractivity contribution in [3.05, 3.63) is 12.2 Å². The second-order valence-corrected chi connectivity index (χ2v) is 3.42. The standard InChI is InChI=1S/C8H14N/c1-3-4-5-7-8-6-9(7,8)2/h4-5,7-8H,3,6H2,1-2H3/q+1/b5-4+. The third-order valence-corrected chi connectivity index (χ3v) is 2.76. The number of allylic oxidation sites excluding steroid dienone is 1. The van der Waals surface area contributed by atoms with E-state index in [1.165, 1.54) is 17.4 Å². The molecule has 2 heterocycles. The maximum Gasteiger partial charge on any atom is 0.195 e. The van der Waals surface area contributed by atoms with Crippen molar-refractivity contribution in [2.75, 3.05) is 13.6 Å². The van der Waals surface area contributed by atoms with E-state index in [0.717, 1.165) is 12.1 Å². The van der Waals surface area contributed by atoms with Crippen LogP contribution in [0.5, 0.6) is 0 Å². The number of likely N-dealkylation sites (N-methyl/N-ethyl adjacent to an activating group) is 1. The summed E-state index contributed by atoms with van der Waals surface area (Å²) >= 11 is 0. The van der Waals surface area contributed by atoms with E-state index in [2.05, 4.69) is 26.1 Å². The van der Waals surface area contributed by atoms with Crippen LogP contribution in [0.25, 0.3) is 0 Å². The normalized spacial score (nSPS) is 53.6. The molecule has 0 aromatic carbocycles. The first kappa shape index (κ1) is 5.48. The van der Waals surface area contributed by atoms with E-state index in [0.29, 0.717) is 0 Å². The molecule has 0 aromatic heterocycles. The highest BCUT2D eigenvalue weighted by molar-refractivity contribution is 5.11. The van der Waals surface area contributed by atoms with E-state index in [1.807, 2.05) is 0 Å². The van der Waals surface area contributed by atoms with Crippen LogP contribution >= 0.6 is 0 Å². The van der Waals surface area contributed by atoms with Crippen LogP contribution in [-0.2, 0) is 0 Å².